The summed E-state index contributed by atoms with van der Waals surface area (Å²) in [5, 5.41) is 16.4. The van der Waals surface area contributed by atoms with Gasteiger partial charge in [0, 0.05) is 31.6 Å². The van der Waals surface area contributed by atoms with Gasteiger partial charge in [0.2, 0.25) is 0 Å². The van der Waals surface area contributed by atoms with Gasteiger partial charge in [-0.3, -0.25) is 0 Å². The molecule has 1 aromatic rings. The first kappa shape index (κ1) is 16.9. The van der Waals surface area contributed by atoms with Crippen LogP contribution in [-0.2, 0) is 6.42 Å². The summed E-state index contributed by atoms with van der Waals surface area (Å²) in [6, 6.07) is 8.53. The lowest BCUT2D eigenvalue weighted by atomic mass is 10.0. The van der Waals surface area contributed by atoms with Crippen LogP contribution in [0.15, 0.2) is 24.3 Å². The Bertz CT molecular complexity index is 607. The second kappa shape index (κ2) is 7.34. The molecule has 1 saturated carbocycles. The third-order valence-electron chi connectivity index (χ3n) is 6.20. The van der Waals surface area contributed by atoms with Gasteiger partial charge in [-0.2, -0.15) is 0 Å². The van der Waals surface area contributed by atoms with Gasteiger partial charge in [-0.25, -0.2) is 4.79 Å². The van der Waals surface area contributed by atoms with Crippen molar-refractivity contribution < 1.29 is 9.90 Å². The van der Waals surface area contributed by atoms with Gasteiger partial charge in [-0.1, -0.05) is 37.1 Å². The van der Waals surface area contributed by atoms with Gasteiger partial charge in [0.25, 0.3) is 0 Å². The fraction of sp³-hybridized carbons (Fsp3) is 0.650. The average molecular weight is 343 g/mol. The number of nitrogens with zero attached hydrogens (tertiary/aromatic N) is 1. The number of carbonyl (C=O) groups is 1. The number of aliphatic hydroxyl groups excluding tert-OH is 1. The van der Waals surface area contributed by atoms with Gasteiger partial charge in [0.05, 0.1) is 12.1 Å². The summed E-state index contributed by atoms with van der Waals surface area (Å²) in [5.41, 5.74) is 2.17. The average Bonchev–Trinajstić information content (AvgIpc) is 3.25. The molecule has 1 heterocycles. The molecule has 3 aliphatic rings. The SMILES string of the molecule is O=C(NC1CCN(C2CCCC2)CC1)NC1c2ccccc2CC1O. The molecule has 0 aromatic heterocycles. The summed E-state index contributed by atoms with van der Waals surface area (Å²) < 4.78 is 0. The summed E-state index contributed by atoms with van der Waals surface area (Å²) in [4.78, 5) is 15.0. The second-order valence-corrected chi connectivity index (χ2v) is 7.81. The van der Waals surface area contributed by atoms with Crippen molar-refractivity contribution in [3.05, 3.63) is 35.4 Å². The van der Waals surface area contributed by atoms with Crippen LogP contribution < -0.4 is 10.6 Å². The molecule has 136 valence electrons. The molecule has 1 aliphatic heterocycles. The highest BCUT2D eigenvalue weighted by Gasteiger charge is 2.33. The van der Waals surface area contributed by atoms with E-state index >= 15 is 0 Å². The lowest BCUT2D eigenvalue weighted by molar-refractivity contribution is 0.134. The van der Waals surface area contributed by atoms with E-state index in [4.69, 9.17) is 0 Å². The zero-order valence-electron chi connectivity index (χ0n) is 14.8. The number of hydrogen-bond acceptors (Lipinski definition) is 3. The Labute approximate surface area is 149 Å². The molecule has 1 aromatic carbocycles. The lowest BCUT2D eigenvalue weighted by Gasteiger charge is -2.36. The topological polar surface area (TPSA) is 64.6 Å². The molecule has 2 amide bonds. The standard InChI is InChI=1S/C20H29N3O2/c24-18-13-14-5-1-4-8-17(14)19(18)22-20(25)21-15-9-11-23(12-10-15)16-6-2-3-7-16/h1,4-5,8,15-16,18-19,24H,2-3,6-7,9-13H2,(H2,21,22,25). The van der Waals surface area contributed by atoms with Gasteiger partial charge < -0.3 is 20.6 Å². The van der Waals surface area contributed by atoms with Gasteiger partial charge in [-0.15, -0.1) is 0 Å². The van der Waals surface area contributed by atoms with Crippen molar-refractivity contribution in [1.29, 1.82) is 0 Å². The Balaban J connectivity index is 1.27. The molecule has 2 fully saturated rings. The van der Waals surface area contributed by atoms with Crippen LogP contribution >= 0.6 is 0 Å². The molecule has 1 saturated heterocycles. The second-order valence-electron chi connectivity index (χ2n) is 7.81. The van der Waals surface area contributed by atoms with Crippen molar-refractivity contribution in [2.45, 2.75) is 69.2 Å². The summed E-state index contributed by atoms with van der Waals surface area (Å²) in [5.74, 6) is 0. The quantitative estimate of drug-likeness (QED) is 0.789. The van der Waals surface area contributed by atoms with E-state index in [1.54, 1.807) is 0 Å². The maximum absolute atomic E-state index is 12.4. The zero-order valence-corrected chi connectivity index (χ0v) is 14.8. The molecular formula is C20H29N3O2. The molecule has 5 nitrogen and oxygen atoms in total. The number of rotatable bonds is 3. The number of piperidine rings is 1. The van der Waals surface area contributed by atoms with E-state index in [1.165, 1.54) is 25.7 Å². The number of urea groups is 1. The Morgan fingerprint density at radius 1 is 1.04 bits per heavy atom. The highest BCUT2D eigenvalue weighted by Crippen LogP contribution is 2.31. The molecular weight excluding hydrogens is 314 g/mol. The van der Waals surface area contributed by atoms with Crippen LogP contribution in [0.4, 0.5) is 4.79 Å². The first-order valence-electron chi connectivity index (χ1n) is 9.77. The first-order chi connectivity index (χ1) is 12.2. The van der Waals surface area contributed by atoms with E-state index in [0.29, 0.717) is 6.42 Å². The monoisotopic (exact) mass is 343 g/mol. The van der Waals surface area contributed by atoms with Crippen LogP contribution in [-0.4, -0.2) is 47.3 Å². The minimum absolute atomic E-state index is 0.153. The fourth-order valence-corrected chi connectivity index (χ4v) is 4.79. The van der Waals surface area contributed by atoms with Crippen LogP contribution in [0.25, 0.3) is 0 Å². The third-order valence-corrected chi connectivity index (χ3v) is 6.20. The van der Waals surface area contributed by atoms with Gasteiger partial charge in [0.15, 0.2) is 0 Å². The predicted molar refractivity (Wildman–Crippen MR) is 97.4 cm³/mol. The van der Waals surface area contributed by atoms with Crippen molar-refractivity contribution in [3.8, 4) is 0 Å². The van der Waals surface area contributed by atoms with E-state index in [2.05, 4.69) is 15.5 Å². The molecule has 2 unspecified atom stereocenters. The molecule has 0 radical (unpaired) electrons. The van der Waals surface area contributed by atoms with Crippen molar-refractivity contribution in [2.24, 2.45) is 0 Å². The van der Waals surface area contributed by atoms with Crippen LogP contribution in [0.5, 0.6) is 0 Å². The Kier molecular flexibility index (Phi) is 4.95. The zero-order chi connectivity index (χ0) is 17.2. The van der Waals surface area contributed by atoms with Gasteiger partial charge in [0.1, 0.15) is 0 Å². The molecule has 5 heteroatoms. The van der Waals surface area contributed by atoms with E-state index in [1.807, 2.05) is 24.3 Å². The number of nitrogens with one attached hydrogen (secondary N) is 2. The van der Waals surface area contributed by atoms with E-state index in [0.717, 1.165) is 43.1 Å². The van der Waals surface area contributed by atoms with Crippen molar-refractivity contribution in [1.82, 2.24) is 15.5 Å². The summed E-state index contributed by atoms with van der Waals surface area (Å²) in [6.07, 6.45) is 7.55. The molecule has 4 rings (SSSR count). The number of hydrogen-bond donors (Lipinski definition) is 3. The molecule has 25 heavy (non-hydrogen) atoms. The third kappa shape index (κ3) is 3.67. The smallest absolute Gasteiger partial charge is 0.315 e. The van der Waals surface area contributed by atoms with Crippen molar-refractivity contribution in [3.63, 3.8) is 0 Å². The lowest BCUT2D eigenvalue weighted by Crippen LogP contribution is -2.50. The van der Waals surface area contributed by atoms with Crippen LogP contribution in [0.2, 0.25) is 0 Å². The molecule has 0 bridgehead atoms. The molecule has 0 spiro atoms. The maximum Gasteiger partial charge on any atom is 0.315 e. The summed E-state index contributed by atoms with van der Waals surface area (Å²) >= 11 is 0. The number of aliphatic hydroxyl groups is 1. The van der Waals surface area contributed by atoms with Gasteiger partial charge in [-0.05, 0) is 36.8 Å². The number of amides is 2. The Morgan fingerprint density at radius 2 is 1.76 bits per heavy atom. The van der Waals surface area contributed by atoms with Crippen molar-refractivity contribution >= 4 is 6.03 Å². The Hall–Kier alpha value is -1.59. The summed E-state index contributed by atoms with van der Waals surface area (Å²) in [7, 11) is 0. The summed E-state index contributed by atoms with van der Waals surface area (Å²) in [6.45, 7) is 2.18. The fourth-order valence-electron chi connectivity index (χ4n) is 4.79. The maximum atomic E-state index is 12.4. The number of benzene rings is 1. The van der Waals surface area contributed by atoms with E-state index < -0.39 is 6.10 Å². The largest absolute Gasteiger partial charge is 0.390 e. The molecule has 2 aliphatic carbocycles. The van der Waals surface area contributed by atoms with Crippen LogP contribution in [0, 0.1) is 0 Å². The molecule has 3 N–H and O–H groups in total. The van der Waals surface area contributed by atoms with Crippen LogP contribution in [0.3, 0.4) is 0 Å². The minimum Gasteiger partial charge on any atom is -0.390 e. The number of carbonyl (C=O) groups excluding carboxylic acids is 1. The molecule has 2 atom stereocenters. The van der Waals surface area contributed by atoms with Crippen LogP contribution in [0.1, 0.15) is 55.7 Å². The normalized spacial score (nSPS) is 28.0. The van der Waals surface area contributed by atoms with E-state index in [-0.39, 0.29) is 18.1 Å². The minimum atomic E-state index is -0.535. The number of likely N-dealkylation sites (tertiary alicyclic amines) is 1. The predicted octanol–water partition coefficient (Wildman–Crippen LogP) is 2.35. The highest BCUT2D eigenvalue weighted by molar-refractivity contribution is 5.75. The van der Waals surface area contributed by atoms with Crippen molar-refractivity contribution in [2.75, 3.05) is 13.1 Å². The Morgan fingerprint density at radius 3 is 2.52 bits per heavy atom. The first-order valence-corrected chi connectivity index (χ1v) is 9.77. The van der Waals surface area contributed by atoms with Gasteiger partial charge >= 0.3 is 6.03 Å². The van der Waals surface area contributed by atoms with E-state index in [9.17, 15) is 9.90 Å². The number of fused-ring (bicyclic) bond motifs is 1. The highest BCUT2D eigenvalue weighted by atomic mass is 16.3.